The van der Waals surface area contributed by atoms with Crippen LogP contribution in [-0.4, -0.2) is 50.1 Å². The lowest BCUT2D eigenvalue weighted by Gasteiger charge is -2.33. The van der Waals surface area contributed by atoms with E-state index in [0.717, 1.165) is 24.3 Å². The van der Waals surface area contributed by atoms with Gasteiger partial charge in [0.2, 0.25) is 0 Å². The van der Waals surface area contributed by atoms with Crippen molar-refractivity contribution < 1.29 is 0 Å². The number of nitrogens with zero attached hydrogens (tertiary/aromatic N) is 2. The van der Waals surface area contributed by atoms with Gasteiger partial charge in [0.1, 0.15) is 0 Å². The summed E-state index contributed by atoms with van der Waals surface area (Å²) < 4.78 is 0. The van der Waals surface area contributed by atoms with Crippen molar-refractivity contribution in [2.75, 3.05) is 33.2 Å². The van der Waals surface area contributed by atoms with Crippen LogP contribution in [0.2, 0.25) is 0 Å². The van der Waals surface area contributed by atoms with Gasteiger partial charge in [-0.1, -0.05) is 33.1 Å². The monoisotopic (exact) mass is 436 g/mol. The van der Waals surface area contributed by atoms with E-state index in [0.29, 0.717) is 6.04 Å². The summed E-state index contributed by atoms with van der Waals surface area (Å²) >= 11 is 0. The minimum atomic E-state index is 0. The van der Waals surface area contributed by atoms with Crippen molar-refractivity contribution in [2.24, 2.45) is 16.8 Å². The summed E-state index contributed by atoms with van der Waals surface area (Å²) in [5, 5.41) is 7.21. The smallest absolute Gasteiger partial charge is 0.191 e. The van der Waals surface area contributed by atoms with Crippen LogP contribution in [-0.2, 0) is 0 Å². The highest BCUT2D eigenvalue weighted by atomic mass is 127. The highest BCUT2D eigenvalue weighted by Crippen LogP contribution is 2.28. The Morgan fingerprint density at radius 2 is 1.83 bits per heavy atom. The number of hydrogen-bond donors (Lipinski definition) is 2. The molecule has 0 spiro atoms. The average Bonchev–Trinajstić information content (AvgIpc) is 2.54. The van der Waals surface area contributed by atoms with E-state index in [1.54, 1.807) is 0 Å². The third-order valence-corrected chi connectivity index (χ3v) is 5.51. The molecule has 136 valence electrons. The van der Waals surface area contributed by atoms with Crippen LogP contribution in [0.25, 0.3) is 0 Å². The van der Waals surface area contributed by atoms with Gasteiger partial charge < -0.3 is 15.5 Å². The van der Waals surface area contributed by atoms with Crippen LogP contribution in [0, 0.1) is 11.8 Å². The third kappa shape index (κ3) is 7.16. The van der Waals surface area contributed by atoms with Crippen LogP contribution in [0.3, 0.4) is 0 Å². The molecular weight excluding hydrogens is 399 g/mol. The summed E-state index contributed by atoms with van der Waals surface area (Å²) in [5.74, 6) is 2.68. The summed E-state index contributed by atoms with van der Waals surface area (Å²) in [6, 6.07) is 0.586. The Balaban J connectivity index is 0.00000264. The first-order valence-electron chi connectivity index (χ1n) is 9.42. The molecule has 1 aliphatic heterocycles. The minimum Gasteiger partial charge on any atom is -0.356 e. The molecule has 0 aromatic rings. The van der Waals surface area contributed by atoms with Crippen molar-refractivity contribution in [3.63, 3.8) is 0 Å². The Morgan fingerprint density at radius 1 is 1.13 bits per heavy atom. The molecule has 0 bridgehead atoms. The predicted octanol–water partition coefficient (Wildman–Crippen LogP) is 3.47. The first-order valence-corrected chi connectivity index (χ1v) is 9.42. The van der Waals surface area contributed by atoms with E-state index in [9.17, 15) is 0 Å². The van der Waals surface area contributed by atoms with Crippen LogP contribution < -0.4 is 10.6 Å². The zero-order valence-corrected chi connectivity index (χ0v) is 17.6. The van der Waals surface area contributed by atoms with Crippen molar-refractivity contribution in [3.8, 4) is 0 Å². The standard InChI is InChI=1S/C18H36N4.HI/c1-4-11-22-12-9-17(10-13-22)21-18(19-3)20-14-16-8-6-5-7-15(16)2;/h15-17H,4-14H2,1-3H3,(H2,19,20,21);1H. The highest BCUT2D eigenvalue weighted by molar-refractivity contribution is 14.0. The Morgan fingerprint density at radius 3 is 2.43 bits per heavy atom. The Hall–Kier alpha value is -0.0400. The van der Waals surface area contributed by atoms with Crippen LogP contribution >= 0.6 is 24.0 Å². The minimum absolute atomic E-state index is 0. The number of hydrogen-bond acceptors (Lipinski definition) is 2. The van der Waals surface area contributed by atoms with E-state index < -0.39 is 0 Å². The fourth-order valence-electron chi connectivity index (χ4n) is 3.93. The highest BCUT2D eigenvalue weighted by Gasteiger charge is 2.22. The molecule has 1 saturated carbocycles. The van der Waals surface area contributed by atoms with Gasteiger partial charge in [-0.05, 0) is 44.1 Å². The van der Waals surface area contributed by atoms with Crippen LogP contribution in [0.4, 0.5) is 0 Å². The molecule has 4 nitrogen and oxygen atoms in total. The number of nitrogens with one attached hydrogen (secondary N) is 2. The molecule has 0 radical (unpaired) electrons. The first kappa shape index (κ1) is 21.0. The number of halogens is 1. The molecule has 1 aliphatic carbocycles. The Labute approximate surface area is 160 Å². The maximum Gasteiger partial charge on any atom is 0.191 e. The fraction of sp³-hybridized carbons (Fsp3) is 0.944. The number of piperidine rings is 1. The fourth-order valence-corrected chi connectivity index (χ4v) is 3.93. The van der Waals surface area contributed by atoms with Crippen molar-refractivity contribution in [1.29, 1.82) is 0 Å². The summed E-state index contributed by atoms with van der Waals surface area (Å²) in [4.78, 5) is 7.01. The molecule has 0 aromatic carbocycles. The number of aliphatic imine (C=N–C) groups is 1. The molecule has 1 saturated heterocycles. The quantitative estimate of drug-likeness (QED) is 0.394. The third-order valence-electron chi connectivity index (χ3n) is 5.51. The molecule has 0 aromatic heterocycles. The molecule has 2 atom stereocenters. The molecule has 0 amide bonds. The lowest BCUT2D eigenvalue weighted by molar-refractivity contribution is 0.206. The molecular formula is C18H37IN4. The molecule has 5 heteroatoms. The van der Waals surface area contributed by atoms with Crippen molar-refractivity contribution in [2.45, 2.75) is 64.8 Å². The molecule has 23 heavy (non-hydrogen) atoms. The van der Waals surface area contributed by atoms with E-state index in [-0.39, 0.29) is 24.0 Å². The molecule has 1 heterocycles. The molecule has 2 aliphatic rings. The van der Waals surface area contributed by atoms with E-state index in [1.807, 2.05) is 7.05 Å². The van der Waals surface area contributed by atoms with E-state index in [1.165, 1.54) is 64.6 Å². The first-order chi connectivity index (χ1) is 10.7. The van der Waals surface area contributed by atoms with Gasteiger partial charge in [-0.25, -0.2) is 0 Å². The molecule has 2 unspecified atom stereocenters. The van der Waals surface area contributed by atoms with Gasteiger partial charge in [0.05, 0.1) is 0 Å². The van der Waals surface area contributed by atoms with Crippen LogP contribution in [0.15, 0.2) is 4.99 Å². The number of rotatable bonds is 5. The lowest BCUT2D eigenvalue weighted by atomic mass is 9.80. The summed E-state index contributed by atoms with van der Waals surface area (Å²) in [7, 11) is 1.89. The SMILES string of the molecule is CCCN1CCC(NC(=NC)NCC2CCCCC2C)CC1.I. The molecule has 2 fully saturated rings. The molecule has 2 rings (SSSR count). The topological polar surface area (TPSA) is 39.7 Å². The number of likely N-dealkylation sites (tertiary alicyclic amines) is 1. The maximum absolute atomic E-state index is 4.43. The lowest BCUT2D eigenvalue weighted by Crippen LogP contribution is -2.49. The second-order valence-corrected chi connectivity index (χ2v) is 7.24. The Bertz CT molecular complexity index is 340. The van der Waals surface area contributed by atoms with Crippen LogP contribution in [0.5, 0.6) is 0 Å². The normalized spacial score (nSPS) is 27.3. The van der Waals surface area contributed by atoms with Crippen LogP contribution in [0.1, 0.15) is 58.8 Å². The van der Waals surface area contributed by atoms with Gasteiger partial charge >= 0.3 is 0 Å². The second kappa shape index (κ2) is 11.5. The molecule has 2 N–H and O–H groups in total. The zero-order valence-electron chi connectivity index (χ0n) is 15.3. The van der Waals surface area contributed by atoms with Gasteiger partial charge in [0.25, 0.3) is 0 Å². The summed E-state index contributed by atoms with van der Waals surface area (Å²) in [6.07, 6.45) is 9.33. The summed E-state index contributed by atoms with van der Waals surface area (Å²) in [6.45, 7) is 9.45. The van der Waals surface area contributed by atoms with Gasteiger partial charge in [-0.2, -0.15) is 0 Å². The van der Waals surface area contributed by atoms with E-state index in [2.05, 4.69) is 34.4 Å². The summed E-state index contributed by atoms with van der Waals surface area (Å²) in [5.41, 5.74) is 0. The van der Waals surface area contributed by atoms with Gasteiger partial charge in [-0.3, -0.25) is 4.99 Å². The Kier molecular flexibility index (Phi) is 10.5. The predicted molar refractivity (Wildman–Crippen MR) is 111 cm³/mol. The zero-order chi connectivity index (χ0) is 15.8. The largest absolute Gasteiger partial charge is 0.356 e. The average molecular weight is 436 g/mol. The van der Waals surface area contributed by atoms with Gasteiger partial charge in [0, 0.05) is 32.7 Å². The van der Waals surface area contributed by atoms with E-state index in [4.69, 9.17) is 0 Å². The van der Waals surface area contributed by atoms with Crippen molar-refractivity contribution in [3.05, 3.63) is 0 Å². The van der Waals surface area contributed by atoms with Crippen molar-refractivity contribution >= 4 is 29.9 Å². The second-order valence-electron chi connectivity index (χ2n) is 7.24. The van der Waals surface area contributed by atoms with E-state index >= 15 is 0 Å². The van der Waals surface area contributed by atoms with Gasteiger partial charge in [0.15, 0.2) is 5.96 Å². The maximum atomic E-state index is 4.43. The van der Waals surface area contributed by atoms with Crippen molar-refractivity contribution in [1.82, 2.24) is 15.5 Å². The van der Waals surface area contributed by atoms with Gasteiger partial charge in [-0.15, -0.1) is 24.0 Å². The number of guanidine groups is 1.